The summed E-state index contributed by atoms with van der Waals surface area (Å²) in [6.45, 7) is 1.96. The predicted molar refractivity (Wildman–Crippen MR) is 79.7 cm³/mol. The molecule has 1 amide bonds. The lowest BCUT2D eigenvalue weighted by Gasteiger charge is -2.56. The number of nitrogens with one attached hydrogen (secondary N) is 1. The molecule has 21 heavy (non-hydrogen) atoms. The molecule has 3 aliphatic heterocycles. The smallest absolute Gasteiger partial charge is 0.287 e. The Morgan fingerprint density at radius 3 is 2.76 bits per heavy atom. The van der Waals surface area contributed by atoms with E-state index in [1.165, 1.54) is 4.68 Å². The van der Waals surface area contributed by atoms with Crippen LogP contribution in [0.25, 0.3) is 0 Å². The van der Waals surface area contributed by atoms with Gasteiger partial charge in [0.2, 0.25) is 5.91 Å². The Kier molecular flexibility index (Phi) is 3.62. The highest BCUT2D eigenvalue weighted by Crippen LogP contribution is 2.35. The molecular weight excluding hydrogens is 294 g/mol. The molecule has 114 valence electrons. The second-order valence-electron chi connectivity index (χ2n) is 5.57. The number of likely N-dealkylation sites (N-methyl/N-ethyl adjacent to an activating group) is 1. The van der Waals surface area contributed by atoms with Crippen molar-refractivity contribution in [2.45, 2.75) is 18.5 Å². The summed E-state index contributed by atoms with van der Waals surface area (Å²) in [7, 11) is 3.23. The Hall–Kier alpha value is -1.60. The topological polar surface area (TPSA) is 70.5 Å². The highest BCUT2D eigenvalue weighted by molar-refractivity contribution is 6.33. The summed E-state index contributed by atoms with van der Waals surface area (Å²) in [4.78, 5) is 27.6. The summed E-state index contributed by atoms with van der Waals surface area (Å²) in [5.74, 6) is 0.0337. The predicted octanol–water partition coefficient (Wildman–Crippen LogP) is -0.557. The van der Waals surface area contributed by atoms with Crippen LogP contribution in [0, 0.1) is 0 Å². The molecule has 7 nitrogen and oxygen atoms in total. The molecule has 3 saturated heterocycles. The zero-order chi connectivity index (χ0) is 15.1. The van der Waals surface area contributed by atoms with Crippen molar-refractivity contribution in [2.75, 3.05) is 31.6 Å². The molecule has 1 aromatic rings. The minimum atomic E-state index is -0.282. The SMILES string of the molecule is CNC(=O)CN1C2CC1CN(c1cnn(C)c(=O)c1Cl)C2. The highest BCUT2D eigenvalue weighted by atomic mass is 35.5. The minimum absolute atomic E-state index is 0.0337. The van der Waals surface area contributed by atoms with E-state index in [9.17, 15) is 9.59 Å². The van der Waals surface area contributed by atoms with Crippen LogP contribution in [0.5, 0.6) is 0 Å². The molecule has 8 heteroatoms. The molecule has 3 aliphatic rings. The van der Waals surface area contributed by atoms with Crippen molar-refractivity contribution < 1.29 is 4.79 Å². The van der Waals surface area contributed by atoms with Gasteiger partial charge in [-0.05, 0) is 6.42 Å². The van der Waals surface area contributed by atoms with Crippen molar-refractivity contribution in [3.63, 3.8) is 0 Å². The van der Waals surface area contributed by atoms with E-state index < -0.39 is 0 Å². The third kappa shape index (κ3) is 2.40. The quantitative estimate of drug-likeness (QED) is 0.810. The average Bonchev–Trinajstić information content (AvgIpc) is 2.50. The van der Waals surface area contributed by atoms with Gasteiger partial charge in [-0.3, -0.25) is 14.5 Å². The largest absolute Gasteiger partial charge is 0.366 e. The number of carbonyl (C=O) groups excluding carboxylic acids is 1. The molecule has 0 aromatic carbocycles. The van der Waals surface area contributed by atoms with Gasteiger partial charge >= 0.3 is 0 Å². The third-order valence-corrected chi connectivity index (χ3v) is 4.71. The maximum atomic E-state index is 11.9. The number of carbonyl (C=O) groups is 1. The first-order valence-electron chi connectivity index (χ1n) is 6.94. The molecule has 4 rings (SSSR count). The summed E-state index contributed by atoms with van der Waals surface area (Å²) in [6.07, 6.45) is 2.72. The number of anilines is 1. The van der Waals surface area contributed by atoms with Crippen molar-refractivity contribution in [1.29, 1.82) is 0 Å². The number of rotatable bonds is 3. The van der Waals surface area contributed by atoms with Crippen molar-refractivity contribution in [1.82, 2.24) is 20.0 Å². The lowest BCUT2D eigenvalue weighted by Crippen LogP contribution is -2.70. The van der Waals surface area contributed by atoms with Crippen LogP contribution in [-0.4, -0.2) is 59.4 Å². The van der Waals surface area contributed by atoms with E-state index in [0.717, 1.165) is 19.5 Å². The van der Waals surface area contributed by atoms with E-state index >= 15 is 0 Å². The van der Waals surface area contributed by atoms with Gasteiger partial charge in [-0.25, -0.2) is 4.68 Å². The van der Waals surface area contributed by atoms with Gasteiger partial charge in [-0.1, -0.05) is 11.6 Å². The van der Waals surface area contributed by atoms with Gasteiger partial charge in [0.15, 0.2) is 0 Å². The molecule has 0 spiro atoms. The summed E-state index contributed by atoms with van der Waals surface area (Å²) in [6, 6.07) is 0.669. The number of aromatic nitrogens is 2. The second kappa shape index (κ2) is 5.31. The van der Waals surface area contributed by atoms with Crippen LogP contribution in [0.15, 0.2) is 11.0 Å². The van der Waals surface area contributed by atoms with Crippen LogP contribution < -0.4 is 15.8 Å². The molecule has 3 fully saturated rings. The normalized spacial score (nSPS) is 24.6. The number of halogens is 1. The molecule has 4 heterocycles. The van der Waals surface area contributed by atoms with E-state index in [2.05, 4.69) is 20.2 Å². The van der Waals surface area contributed by atoms with E-state index in [-0.39, 0.29) is 16.5 Å². The Balaban J connectivity index is 1.74. The van der Waals surface area contributed by atoms with Crippen LogP contribution in [0.2, 0.25) is 5.02 Å². The number of amides is 1. The standard InChI is InChI=1S/C13H18ClN5O2/c1-15-11(20)7-19-8-3-9(19)6-18(5-8)10-4-16-17(2)13(21)12(10)14/h4,8-9H,3,5-7H2,1-2H3,(H,15,20). The van der Waals surface area contributed by atoms with Crippen LogP contribution >= 0.6 is 11.6 Å². The monoisotopic (exact) mass is 311 g/mol. The summed E-state index contributed by atoms with van der Waals surface area (Å²) < 4.78 is 1.23. The van der Waals surface area contributed by atoms with E-state index in [1.54, 1.807) is 20.3 Å². The first kappa shape index (κ1) is 14.3. The van der Waals surface area contributed by atoms with Gasteiger partial charge in [0.1, 0.15) is 5.02 Å². The first-order valence-corrected chi connectivity index (χ1v) is 7.32. The fourth-order valence-corrected chi connectivity index (χ4v) is 3.40. The molecular formula is C13H18ClN5O2. The lowest BCUT2D eigenvalue weighted by atomic mass is 9.87. The van der Waals surface area contributed by atoms with Crippen LogP contribution in [0.4, 0.5) is 5.69 Å². The van der Waals surface area contributed by atoms with Crippen LogP contribution in [0.3, 0.4) is 0 Å². The van der Waals surface area contributed by atoms with Crippen molar-refractivity contribution in [3.8, 4) is 0 Å². The minimum Gasteiger partial charge on any atom is -0.366 e. The number of piperazine rings is 1. The maximum absolute atomic E-state index is 11.9. The van der Waals surface area contributed by atoms with Gasteiger partial charge in [0, 0.05) is 39.3 Å². The Morgan fingerprint density at radius 2 is 2.14 bits per heavy atom. The second-order valence-corrected chi connectivity index (χ2v) is 5.94. The number of fused-ring (bicyclic) bond motifs is 2. The number of aryl methyl sites for hydroxylation is 1. The number of nitrogens with zero attached hydrogens (tertiary/aromatic N) is 4. The molecule has 0 radical (unpaired) electrons. The van der Waals surface area contributed by atoms with Gasteiger partial charge < -0.3 is 10.2 Å². The van der Waals surface area contributed by atoms with Gasteiger partial charge in [-0.2, -0.15) is 5.10 Å². The molecule has 1 N–H and O–H groups in total. The molecule has 2 bridgehead atoms. The Bertz CT molecular complexity index is 619. The van der Waals surface area contributed by atoms with Crippen molar-refractivity contribution in [3.05, 3.63) is 21.6 Å². The molecule has 2 atom stereocenters. The van der Waals surface area contributed by atoms with E-state index in [0.29, 0.717) is 24.3 Å². The molecule has 2 unspecified atom stereocenters. The summed E-state index contributed by atoms with van der Waals surface area (Å²) in [5.41, 5.74) is 0.407. The van der Waals surface area contributed by atoms with E-state index in [4.69, 9.17) is 11.6 Å². The fourth-order valence-electron chi connectivity index (χ4n) is 3.11. The first-order chi connectivity index (χ1) is 10.0. The summed E-state index contributed by atoms with van der Waals surface area (Å²) in [5, 5.41) is 6.90. The van der Waals surface area contributed by atoms with Crippen molar-refractivity contribution >= 4 is 23.2 Å². The Labute approximate surface area is 127 Å². The molecule has 0 saturated carbocycles. The Morgan fingerprint density at radius 1 is 1.48 bits per heavy atom. The molecule has 0 aliphatic carbocycles. The number of hydrogen-bond donors (Lipinski definition) is 1. The van der Waals surface area contributed by atoms with Crippen LogP contribution in [0.1, 0.15) is 6.42 Å². The summed E-state index contributed by atoms with van der Waals surface area (Å²) >= 11 is 6.14. The zero-order valence-corrected chi connectivity index (χ0v) is 12.8. The van der Waals surface area contributed by atoms with E-state index in [1.807, 2.05) is 0 Å². The number of piperidine rings is 1. The van der Waals surface area contributed by atoms with Gasteiger partial charge in [-0.15, -0.1) is 0 Å². The zero-order valence-electron chi connectivity index (χ0n) is 12.0. The third-order valence-electron chi connectivity index (χ3n) is 4.35. The van der Waals surface area contributed by atoms with Crippen LogP contribution in [-0.2, 0) is 11.8 Å². The number of hydrogen-bond acceptors (Lipinski definition) is 5. The average molecular weight is 312 g/mol. The van der Waals surface area contributed by atoms with Crippen molar-refractivity contribution in [2.24, 2.45) is 7.05 Å². The van der Waals surface area contributed by atoms with Gasteiger partial charge in [0.25, 0.3) is 5.56 Å². The molecule has 1 aromatic heterocycles. The van der Waals surface area contributed by atoms with Gasteiger partial charge in [0.05, 0.1) is 18.4 Å². The fraction of sp³-hybridized carbons (Fsp3) is 0.615. The maximum Gasteiger partial charge on any atom is 0.287 e. The highest BCUT2D eigenvalue weighted by Gasteiger charge is 2.45. The lowest BCUT2D eigenvalue weighted by molar-refractivity contribution is -0.126.